The van der Waals surface area contributed by atoms with Gasteiger partial charge in [0.05, 0.1) is 5.56 Å². The van der Waals surface area contributed by atoms with Gasteiger partial charge in [-0.25, -0.2) is 22.8 Å². The average Bonchev–Trinajstić information content (AvgIpc) is 3.32. The minimum atomic E-state index is -1.40. The molecule has 0 spiro atoms. The van der Waals surface area contributed by atoms with Gasteiger partial charge in [0.1, 0.15) is 12.4 Å². The maximum Gasteiger partial charge on any atom is 0.410 e. The second kappa shape index (κ2) is 10.7. The molecule has 0 radical (unpaired) electrons. The standard InChI is InChI=1S/C20H24F3N5O4S/c1-10-8-13(21)12(15(23)14(10)22)9-31-17-16(32-19(24)29)18(33-27-17)26-20(30)25-6-5-11-4-3-7-28(11)2/h8,11H,3-7,9H2,1-2H3,(H2,24,29)(H2,25,26,30). The fourth-order valence-electron chi connectivity index (χ4n) is 3.50. The normalized spacial score (nSPS) is 16.0. The molecule has 1 saturated heterocycles. The van der Waals surface area contributed by atoms with Gasteiger partial charge in [-0.05, 0) is 62.9 Å². The van der Waals surface area contributed by atoms with Crippen LogP contribution >= 0.6 is 11.5 Å². The van der Waals surface area contributed by atoms with Gasteiger partial charge in [-0.3, -0.25) is 5.32 Å². The third-order valence-electron chi connectivity index (χ3n) is 5.27. The van der Waals surface area contributed by atoms with E-state index in [1.807, 2.05) is 7.05 Å². The van der Waals surface area contributed by atoms with Crippen molar-refractivity contribution in [1.29, 1.82) is 0 Å². The van der Waals surface area contributed by atoms with E-state index in [0.29, 0.717) is 24.1 Å². The first-order valence-electron chi connectivity index (χ1n) is 10.1. The molecule has 2 aromatic rings. The number of aryl methyl sites for hydroxylation is 1. The highest BCUT2D eigenvalue weighted by atomic mass is 32.1. The van der Waals surface area contributed by atoms with E-state index in [4.69, 9.17) is 15.2 Å². The number of nitrogens with one attached hydrogen (secondary N) is 2. The van der Waals surface area contributed by atoms with Gasteiger partial charge < -0.3 is 25.4 Å². The van der Waals surface area contributed by atoms with Crippen molar-refractivity contribution in [2.75, 3.05) is 25.5 Å². The van der Waals surface area contributed by atoms with E-state index < -0.39 is 41.7 Å². The summed E-state index contributed by atoms with van der Waals surface area (Å²) in [5.74, 6) is -4.28. The molecule has 1 aromatic heterocycles. The monoisotopic (exact) mass is 487 g/mol. The quantitative estimate of drug-likeness (QED) is 0.491. The molecule has 1 aliphatic heterocycles. The zero-order valence-electron chi connectivity index (χ0n) is 18.0. The molecule has 1 aliphatic rings. The van der Waals surface area contributed by atoms with Gasteiger partial charge in [-0.15, -0.1) is 4.37 Å². The van der Waals surface area contributed by atoms with Gasteiger partial charge >= 0.3 is 12.1 Å². The lowest BCUT2D eigenvalue weighted by Crippen LogP contribution is -2.34. The highest BCUT2D eigenvalue weighted by Crippen LogP contribution is 2.39. The van der Waals surface area contributed by atoms with Gasteiger partial charge in [0.15, 0.2) is 16.6 Å². The maximum absolute atomic E-state index is 14.1. The molecule has 9 nitrogen and oxygen atoms in total. The molecule has 0 saturated carbocycles. The molecule has 1 fully saturated rings. The fourth-order valence-corrected chi connectivity index (χ4v) is 4.16. The number of primary amides is 1. The van der Waals surface area contributed by atoms with E-state index in [2.05, 4.69) is 19.9 Å². The number of halogens is 3. The van der Waals surface area contributed by atoms with Crippen LogP contribution in [0.2, 0.25) is 0 Å². The number of benzene rings is 1. The van der Waals surface area contributed by atoms with Crippen LogP contribution in [0.25, 0.3) is 0 Å². The predicted molar refractivity (Wildman–Crippen MR) is 115 cm³/mol. The lowest BCUT2D eigenvalue weighted by molar-refractivity contribution is 0.205. The number of urea groups is 1. The molecule has 1 unspecified atom stereocenters. The molecule has 1 atom stereocenters. The Labute approximate surface area is 192 Å². The van der Waals surface area contributed by atoms with Crippen LogP contribution in [0.4, 0.5) is 27.8 Å². The Balaban J connectivity index is 1.65. The van der Waals surface area contributed by atoms with Crippen LogP contribution in [0, 0.1) is 24.4 Å². The summed E-state index contributed by atoms with van der Waals surface area (Å²) in [6.07, 6.45) is 1.74. The van der Waals surface area contributed by atoms with Crippen molar-refractivity contribution in [3.8, 4) is 11.6 Å². The summed E-state index contributed by atoms with van der Waals surface area (Å²) in [5, 5.41) is 5.18. The van der Waals surface area contributed by atoms with E-state index in [0.717, 1.165) is 31.9 Å². The smallest absolute Gasteiger partial charge is 0.410 e. The molecular formula is C20H24F3N5O4S. The van der Waals surface area contributed by atoms with Crippen LogP contribution in [0.3, 0.4) is 0 Å². The van der Waals surface area contributed by atoms with Crippen LogP contribution in [0.1, 0.15) is 30.4 Å². The van der Waals surface area contributed by atoms with Crippen LogP contribution < -0.4 is 25.8 Å². The fraction of sp³-hybridized carbons (Fsp3) is 0.450. The summed E-state index contributed by atoms with van der Waals surface area (Å²) in [7, 11) is 2.03. The first-order chi connectivity index (χ1) is 15.7. The summed E-state index contributed by atoms with van der Waals surface area (Å²) in [6.45, 7) is 1.93. The minimum absolute atomic E-state index is 0.00434. The molecule has 180 valence electrons. The molecular weight excluding hydrogens is 463 g/mol. The molecule has 2 heterocycles. The Kier molecular flexibility index (Phi) is 7.97. The Hall–Kier alpha value is -3.06. The Morgan fingerprint density at radius 2 is 2.09 bits per heavy atom. The maximum atomic E-state index is 14.1. The van der Waals surface area contributed by atoms with Crippen molar-refractivity contribution in [2.45, 2.75) is 38.8 Å². The molecule has 13 heteroatoms. The molecule has 0 aliphatic carbocycles. The number of carbonyl (C=O) groups is 2. The number of nitrogens with two attached hydrogens (primary N) is 1. The summed E-state index contributed by atoms with van der Waals surface area (Å²) in [5.41, 5.74) is 4.20. The molecule has 33 heavy (non-hydrogen) atoms. The van der Waals surface area contributed by atoms with E-state index in [1.54, 1.807) is 0 Å². The van der Waals surface area contributed by atoms with Crippen molar-refractivity contribution in [1.82, 2.24) is 14.6 Å². The Bertz CT molecular complexity index is 1040. The number of anilines is 1. The zero-order valence-corrected chi connectivity index (χ0v) is 18.9. The molecule has 0 bridgehead atoms. The topological polar surface area (TPSA) is 119 Å². The van der Waals surface area contributed by atoms with Gasteiger partial charge in [0.25, 0.3) is 5.88 Å². The van der Waals surface area contributed by atoms with Crippen molar-refractivity contribution in [2.24, 2.45) is 5.73 Å². The van der Waals surface area contributed by atoms with Gasteiger partial charge in [0, 0.05) is 12.6 Å². The number of hydrogen-bond acceptors (Lipinski definition) is 7. The highest BCUT2D eigenvalue weighted by molar-refractivity contribution is 7.11. The van der Waals surface area contributed by atoms with E-state index >= 15 is 0 Å². The van der Waals surface area contributed by atoms with E-state index in [9.17, 15) is 22.8 Å². The number of carbonyl (C=O) groups excluding carboxylic acids is 2. The minimum Gasteiger partial charge on any atom is -0.469 e. The van der Waals surface area contributed by atoms with Crippen LogP contribution in [-0.4, -0.2) is 47.6 Å². The molecule has 1 aromatic carbocycles. The lowest BCUT2D eigenvalue weighted by Gasteiger charge is -2.19. The molecule has 3 rings (SSSR count). The third-order valence-corrected chi connectivity index (χ3v) is 6.00. The Morgan fingerprint density at radius 3 is 2.76 bits per heavy atom. The van der Waals surface area contributed by atoms with Gasteiger partial charge in [0.2, 0.25) is 5.75 Å². The number of likely N-dealkylation sites (tertiary alicyclic amines) is 1. The van der Waals surface area contributed by atoms with E-state index in [-0.39, 0.29) is 22.2 Å². The Morgan fingerprint density at radius 1 is 1.33 bits per heavy atom. The van der Waals surface area contributed by atoms with Crippen molar-refractivity contribution >= 4 is 28.7 Å². The van der Waals surface area contributed by atoms with Gasteiger partial charge in [-0.1, -0.05) is 0 Å². The number of hydrogen-bond donors (Lipinski definition) is 3. The third kappa shape index (κ3) is 6.05. The first kappa shape index (κ1) is 24.6. The van der Waals surface area contributed by atoms with Crippen molar-refractivity contribution < 1.29 is 32.2 Å². The van der Waals surface area contributed by atoms with Crippen LogP contribution in [0.15, 0.2) is 6.07 Å². The number of aromatic nitrogens is 1. The molecule has 4 N–H and O–H groups in total. The van der Waals surface area contributed by atoms with Crippen LogP contribution in [-0.2, 0) is 6.61 Å². The van der Waals surface area contributed by atoms with Crippen molar-refractivity contribution in [3.63, 3.8) is 0 Å². The number of rotatable bonds is 8. The summed E-state index contributed by atoms with van der Waals surface area (Å²) in [6, 6.07) is 0.660. The first-order valence-corrected chi connectivity index (χ1v) is 10.9. The summed E-state index contributed by atoms with van der Waals surface area (Å²) >= 11 is 0.705. The second-order valence-corrected chi connectivity index (χ2v) is 8.36. The largest absolute Gasteiger partial charge is 0.469 e. The van der Waals surface area contributed by atoms with Gasteiger partial charge in [-0.2, -0.15) is 0 Å². The highest BCUT2D eigenvalue weighted by Gasteiger charge is 2.24. The number of ether oxygens (including phenoxy) is 2. The summed E-state index contributed by atoms with van der Waals surface area (Å²) in [4.78, 5) is 25.8. The van der Waals surface area contributed by atoms with Crippen LogP contribution in [0.5, 0.6) is 11.6 Å². The number of amides is 3. The predicted octanol–water partition coefficient (Wildman–Crippen LogP) is 3.51. The number of nitrogens with zero attached hydrogens (tertiary/aromatic N) is 2. The zero-order chi connectivity index (χ0) is 24.1. The second-order valence-electron chi connectivity index (χ2n) is 7.58. The van der Waals surface area contributed by atoms with Crippen molar-refractivity contribution in [3.05, 3.63) is 34.6 Å². The lowest BCUT2D eigenvalue weighted by atomic mass is 10.1. The SMILES string of the molecule is Cc1cc(F)c(COc2nsc(NC(=O)NCCC3CCCN3C)c2OC(N)=O)c(F)c1F. The summed E-state index contributed by atoms with van der Waals surface area (Å²) < 4.78 is 55.9. The van der Waals surface area contributed by atoms with E-state index in [1.165, 1.54) is 6.92 Å². The molecule has 3 amide bonds. The average molecular weight is 488 g/mol.